The van der Waals surface area contributed by atoms with Gasteiger partial charge in [-0.1, -0.05) is 36.7 Å². The van der Waals surface area contributed by atoms with Gasteiger partial charge in [-0.25, -0.2) is 0 Å². The molecule has 0 aliphatic rings. The van der Waals surface area contributed by atoms with E-state index in [1.54, 1.807) is 12.1 Å². The van der Waals surface area contributed by atoms with Crippen molar-refractivity contribution >= 4 is 33.4 Å². The summed E-state index contributed by atoms with van der Waals surface area (Å²) in [5.74, 6) is 0.496. The third kappa shape index (κ3) is 4.62. The van der Waals surface area contributed by atoms with Crippen molar-refractivity contribution in [3.8, 4) is 0 Å². The average molecular weight is 333 g/mol. The van der Waals surface area contributed by atoms with Crippen molar-refractivity contribution in [3.05, 3.63) is 34.3 Å². The Balaban J connectivity index is 2.75. The maximum absolute atomic E-state index is 12.1. The van der Waals surface area contributed by atoms with E-state index in [0.29, 0.717) is 11.4 Å². The molecule has 0 fully saturated rings. The molecule has 1 atom stereocenters. The van der Waals surface area contributed by atoms with Crippen LogP contribution in [0, 0.1) is 5.41 Å². The molecular weight excluding hydrogens is 314 g/mol. The SMILES string of the molecule is CC(C)(C)C(CCCl)NC(=O)c1ccc(Br)cc1. The van der Waals surface area contributed by atoms with Gasteiger partial charge < -0.3 is 5.32 Å². The van der Waals surface area contributed by atoms with Crippen LogP contribution in [0.4, 0.5) is 0 Å². The first-order chi connectivity index (χ1) is 8.34. The van der Waals surface area contributed by atoms with Gasteiger partial charge in [-0.3, -0.25) is 4.79 Å². The lowest BCUT2D eigenvalue weighted by Gasteiger charge is -2.31. The molecule has 100 valence electrons. The predicted octanol–water partition coefficient (Wildman–Crippen LogP) is 4.22. The van der Waals surface area contributed by atoms with E-state index in [4.69, 9.17) is 11.6 Å². The summed E-state index contributed by atoms with van der Waals surface area (Å²) in [5.41, 5.74) is 0.668. The largest absolute Gasteiger partial charge is 0.349 e. The van der Waals surface area contributed by atoms with Gasteiger partial charge in [0.2, 0.25) is 0 Å². The fourth-order valence-electron chi connectivity index (χ4n) is 1.67. The molecule has 2 nitrogen and oxygen atoms in total. The number of halogens is 2. The van der Waals surface area contributed by atoms with Crippen molar-refractivity contribution in [2.24, 2.45) is 5.41 Å². The molecule has 1 N–H and O–H groups in total. The Kier molecular flexibility index (Phi) is 5.67. The summed E-state index contributed by atoms with van der Waals surface area (Å²) in [6.07, 6.45) is 0.771. The Morgan fingerprint density at radius 1 is 1.33 bits per heavy atom. The summed E-state index contributed by atoms with van der Waals surface area (Å²) >= 11 is 9.15. The van der Waals surface area contributed by atoms with Crippen LogP contribution in [-0.2, 0) is 0 Å². The van der Waals surface area contributed by atoms with Crippen LogP contribution in [0.1, 0.15) is 37.6 Å². The van der Waals surface area contributed by atoms with E-state index in [2.05, 4.69) is 42.0 Å². The first kappa shape index (κ1) is 15.5. The molecule has 18 heavy (non-hydrogen) atoms. The molecule has 0 saturated carbocycles. The molecule has 0 bridgehead atoms. The maximum Gasteiger partial charge on any atom is 0.251 e. The molecule has 0 spiro atoms. The summed E-state index contributed by atoms with van der Waals surface area (Å²) < 4.78 is 0.965. The second-order valence-electron chi connectivity index (χ2n) is 5.38. The van der Waals surface area contributed by atoms with E-state index in [1.807, 2.05) is 12.1 Å². The highest BCUT2D eigenvalue weighted by Crippen LogP contribution is 2.22. The second kappa shape index (κ2) is 6.58. The third-order valence-electron chi connectivity index (χ3n) is 2.85. The van der Waals surface area contributed by atoms with Crippen molar-refractivity contribution in [1.29, 1.82) is 0 Å². The smallest absolute Gasteiger partial charge is 0.251 e. The van der Waals surface area contributed by atoms with Crippen LogP contribution >= 0.6 is 27.5 Å². The zero-order chi connectivity index (χ0) is 13.8. The standard InChI is InChI=1S/C14H19BrClNO/c1-14(2,3)12(8-9-16)17-13(18)10-4-6-11(15)7-5-10/h4-7,12H,8-9H2,1-3H3,(H,17,18). The lowest BCUT2D eigenvalue weighted by atomic mass is 9.85. The molecule has 0 aliphatic heterocycles. The van der Waals surface area contributed by atoms with E-state index in [1.165, 1.54) is 0 Å². The molecule has 1 amide bonds. The van der Waals surface area contributed by atoms with E-state index in [0.717, 1.165) is 10.9 Å². The monoisotopic (exact) mass is 331 g/mol. The molecule has 0 aromatic heterocycles. The Hall–Kier alpha value is -0.540. The van der Waals surface area contributed by atoms with Crippen molar-refractivity contribution in [1.82, 2.24) is 5.32 Å². The molecule has 1 rings (SSSR count). The molecule has 0 heterocycles. The minimum atomic E-state index is -0.0486. The zero-order valence-electron chi connectivity index (χ0n) is 11.0. The van der Waals surface area contributed by atoms with E-state index in [9.17, 15) is 4.79 Å². The highest BCUT2D eigenvalue weighted by molar-refractivity contribution is 9.10. The molecular formula is C14H19BrClNO. The van der Waals surface area contributed by atoms with E-state index >= 15 is 0 Å². The number of rotatable bonds is 4. The van der Waals surface area contributed by atoms with Crippen LogP contribution in [0.15, 0.2) is 28.7 Å². The second-order valence-corrected chi connectivity index (χ2v) is 6.67. The van der Waals surface area contributed by atoms with Crippen LogP contribution < -0.4 is 5.32 Å². The lowest BCUT2D eigenvalue weighted by molar-refractivity contribution is 0.0900. The van der Waals surface area contributed by atoms with Gasteiger partial charge in [-0.15, -0.1) is 11.6 Å². The van der Waals surface area contributed by atoms with Gasteiger partial charge in [0.05, 0.1) is 0 Å². The van der Waals surface area contributed by atoms with Gasteiger partial charge in [-0.2, -0.15) is 0 Å². The van der Waals surface area contributed by atoms with Gasteiger partial charge in [0.15, 0.2) is 0 Å². The highest BCUT2D eigenvalue weighted by Gasteiger charge is 2.25. The minimum Gasteiger partial charge on any atom is -0.349 e. The average Bonchev–Trinajstić information content (AvgIpc) is 2.28. The normalized spacial score (nSPS) is 13.2. The van der Waals surface area contributed by atoms with Crippen LogP contribution in [-0.4, -0.2) is 17.8 Å². The third-order valence-corrected chi connectivity index (χ3v) is 3.60. The summed E-state index contributed by atoms with van der Waals surface area (Å²) in [6.45, 7) is 6.31. The number of hydrogen-bond acceptors (Lipinski definition) is 1. The highest BCUT2D eigenvalue weighted by atomic mass is 79.9. The predicted molar refractivity (Wildman–Crippen MR) is 80.2 cm³/mol. The van der Waals surface area contributed by atoms with Gasteiger partial charge in [0.1, 0.15) is 0 Å². The fourth-order valence-corrected chi connectivity index (χ4v) is 2.16. The molecule has 1 aromatic carbocycles. The maximum atomic E-state index is 12.1. The van der Waals surface area contributed by atoms with Crippen LogP contribution in [0.2, 0.25) is 0 Å². The van der Waals surface area contributed by atoms with Gasteiger partial charge in [-0.05, 0) is 36.1 Å². The van der Waals surface area contributed by atoms with Gasteiger partial charge >= 0.3 is 0 Å². The van der Waals surface area contributed by atoms with Crippen LogP contribution in [0.25, 0.3) is 0 Å². The Bertz CT molecular complexity index is 397. The first-order valence-corrected chi connectivity index (χ1v) is 7.29. The van der Waals surface area contributed by atoms with Gasteiger partial charge in [0.25, 0.3) is 5.91 Å². The number of carbonyl (C=O) groups is 1. The molecule has 0 radical (unpaired) electrons. The van der Waals surface area contributed by atoms with Crippen molar-refractivity contribution in [3.63, 3.8) is 0 Å². The summed E-state index contributed by atoms with van der Waals surface area (Å²) in [4.78, 5) is 12.1. The van der Waals surface area contributed by atoms with E-state index < -0.39 is 0 Å². The lowest BCUT2D eigenvalue weighted by Crippen LogP contribution is -2.44. The van der Waals surface area contributed by atoms with Gasteiger partial charge in [0, 0.05) is 22.0 Å². The van der Waals surface area contributed by atoms with Crippen molar-refractivity contribution in [2.45, 2.75) is 33.2 Å². The molecule has 0 aliphatic carbocycles. The van der Waals surface area contributed by atoms with Crippen LogP contribution in [0.5, 0.6) is 0 Å². The molecule has 0 saturated heterocycles. The summed E-state index contributed by atoms with van der Waals surface area (Å²) in [5, 5.41) is 3.05. The fraction of sp³-hybridized carbons (Fsp3) is 0.500. The number of benzene rings is 1. The Morgan fingerprint density at radius 3 is 2.33 bits per heavy atom. The number of hydrogen-bond donors (Lipinski definition) is 1. The topological polar surface area (TPSA) is 29.1 Å². The molecule has 4 heteroatoms. The molecule has 1 aromatic rings. The minimum absolute atomic E-state index is 0.0000856. The summed E-state index contributed by atoms with van der Waals surface area (Å²) in [6, 6.07) is 7.41. The van der Waals surface area contributed by atoms with Crippen molar-refractivity contribution < 1.29 is 4.79 Å². The number of amides is 1. The molecule has 1 unspecified atom stereocenters. The number of carbonyl (C=O) groups excluding carboxylic acids is 1. The summed E-state index contributed by atoms with van der Waals surface area (Å²) in [7, 11) is 0. The zero-order valence-corrected chi connectivity index (χ0v) is 13.3. The Morgan fingerprint density at radius 2 is 1.89 bits per heavy atom. The number of nitrogens with one attached hydrogen (secondary N) is 1. The van der Waals surface area contributed by atoms with Crippen LogP contribution in [0.3, 0.4) is 0 Å². The quantitative estimate of drug-likeness (QED) is 0.822. The van der Waals surface area contributed by atoms with Crippen molar-refractivity contribution in [2.75, 3.05) is 5.88 Å². The van der Waals surface area contributed by atoms with E-state index in [-0.39, 0.29) is 17.4 Å². The number of alkyl halides is 1. The first-order valence-electron chi connectivity index (χ1n) is 5.97. The Labute approximate surface area is 122 Å².